The second kappa shape index (κ2) is 4.77. The number of rotatable bonds is 2. The topological polar surface area (TPSA) is 60.8 Å². The summed E-state index contributed by atoms with van der Waals surface area (Å²) >= 11 is 12.1. The quantitative estimate of drug-likeness (QED) is 0.874. The predicted molar refractivity (Wildman–Crippen MR) is 81.1 cm³/mol. The Morgan fingerprint density at radius 2 is 2.14 bits per heavy atom. The van der Waals surface area contributed by atoms with Gasteiger partial charge >= 0.3 is 6.09 Å². The van der Waals surface area contributed by atoms with Crippen molar-refractivity contribution in [2.45, 2.75) is 31.2 Å². The maximum Gasteiger partial charge on any atom is 0.407 e. The summed E-state index contributed by atoms with van der Waals surface area (Å²) < 4.78 is 0. The van der Waals surface area contributed by atoms with Gasteiger partial charge in [0.25, 0.3) is 0 Å². The number of nitrogens with zero attached hydrogens (tertiary/aromatic N) is 1. The zero-order valence-corrected chi connectivity index (χ0v) is 13.2. The molecule has 1 heterocycles. The highest BCUT2D eigenvalue weighted by atomic mass is 35.5. The molecule has 1 aromatic carbocycles. The highest BCUT2D eigenvalue weighted by Crippen LogP contribution is 2.69. The monoisotopic (exact) mass is 329 g/mol. The molecule has 2 N–H and O–H groups in total. The number of piperidine rings is 1. The van der Waals surface area contributed by atoms with Crippen molar-refractivity contribution in [3.8, 4) is 0 Å². The third-order valence-electron chi connectivity index (χ3n) is 5.20. The van der Waals surface area contributed by atoms with Crippen LogP contribution in [0.2, 0.25) is 10.0 Å². The maximum atomic E-state index is 11.3. The number of aliphatic hydroxyl groups excluding tert-OH is 1. The SMILES string of the molecule is CC1C[C@]2(c3ccc(Cl)c(Cl)c3)C[C@]2(CO)CN1C(=O)O. The molecule has 2 fully saturated rings. The van der Waals surface area contributed by atoms with E-state index in [2.05, 4.69) is 0 Å². The fourth-order valence-corrected chi connectivity index (χ4v) is 4.26. The second-order valence-corrected chi connectivity index (χ2v) is 7.10. The van der Waals surface area contributed by atoms with Crippen LogP contribution in [-0.4, -0.2) is 40.4 Å². The van der Waals surface area contributed by atoms with Gasteiger partial charge in [-0.05, 0) is 37.5 Å². The van der Waals surface area contributed by atoms with E-state index in [0.29, 0.717) is 23.0 Å². The highest BCUT2D eigenvalue weighted by molar-refractivity contribution is 6.42. The van der Waals surface area contributed by atoms with E-state index in [1.807, 2.05) is 19.1 Å². The van der Waals surface area contributed by atoms with Crippen molar-refractivity contribution >= 4 is 29.3 Å². The molecule has 1 amide bonds. The zero-order chi connectivity index (χ0) is 15.4. The van der Waals surface area contributed by atoms with Gasteiger partial charge in [-0.1, -0.05) is 29.3 Å². The van der Waals surface area contributed by atoms with E-state index in [9.17, 15) is 15.0 Å². The molecule has 0 aromatic heterocycles. The summed E-state index contributed by atoms with van der Waals surface area (Å²) in [4.78, 5) is 12.8. The molecule has 114 valence electrons. The molecule has 1 aromatic rings. The van der Waals surface area contributed by atoms with Gasteiger partial charge in [0.1, 0.15) is 0 Å². The van der Waals surface area contributed by atoms with E-state index in [4.69, 9.17) is 23.2 Å². The molecule has 0 spiro atoms. The van der Waals surface area contributed by atoms with E-state index in [1.54, 1.807) is 6.07 Å². The first-order valence-corrected chi connectivity index (χ1v) is 7.67. The summed E-state index contributed by atoms with van der Waals surface area (Å²) in [5, 5.41) is 20.1. The van der Waals surface area contributed by atoms with E-state index in [0.717, 1.165) is 12.0 Å². The van der Waals surface area contributed by atoms with Gasteiger partial charge in [0, 0.05) is 23.4 Å². The average molecular weight is 330 g/mol. The highest BCUT2D eigenvalue weighted by Gasteiger charge is 2.71. The van der Waals surface area contributed by atoms with Crippen LogP contribution in [0.3, 0.4) is 0 Å². The largest absolute Gasteiger partial charge is 0.465 e. The molecule has 0 radical (unpaired) electrons. The Labute approximate surface area is 133 Å². The summed E-state index contributed by atoms with van der Waals surface area (Å²) in [6, 6.07) is 5.47. The lowest BCUT2D eigenvalue weighted by Crippen LogP contribution is -2.50. The van der Waals surface area contributed by atoms with Gasteiger partial charge < -0.3 is 15.1 Å². The Balaban J connectivity index is 1.99. The minimum absolute atomic E-state index is 0.0241. The first-order valence-electron chi connectivity index (χ1n) is 6.91. The molecular weight excluding hydrogens is 313 g/mol. The Hall–Kier alpha value is -0.970. The second-order valence-electron chi connectivity index (χ2n) is 6.29. The van der Waals surface area contributed by atoms with Gasteiger partial charge in [0.2, 0.25) is 0 Å². The molecule has 3 rings (SSSR count). The molecule has 0 bridgehead atoms. The Morgan fingerprint density at radius 3 is 2.71 bits per heavy atom. The number of hydrogen-bond acceptors (Lipinski definition) is 2. The van der Waals surface area contributed by atoms with Crippen LogP contribution in [0.5, 0.6) is 0 Å². The van der Waals surface area contributed by atoms with Crippen LogP contribution < -0.4 is 0 Å². The van der Waals surface area contributed by atoms with Crippen LogP contribution in [0.25, 0.3) is 0 Å². The van der Waals surface area contributed by atoms with E-state index in [-0.39, 0.29) is 18.1 Å². The van der Waals surface area contributed by atoms with Crippen molar-refractivity contribution < 1.29 is 15.0 Å². The van der Waals surface area contributed by atoms with Crippen LogP contribution in [-0.2, 0) is 5.41 Å². The van der Waals surface area contributed by atoms with E-state index >= 15 is 0 Å². The molecule has 1 aliphatic carbocycles. The van der Waals surface area contributed by atoms with Crippen molar-refractivity contribution in [2.75, 3.05) is 13.2 Å². The van der Waals surface area contributed by atoms with Crippen molar-refractivity contribution in [2.24, 2.45) is 5.41 Å². The normalized spacial score (nSPS) is 34.5. The summed E-state index contributed by atoms with van der Waals surface area (Å²) in [6.45, 7) is 2.25. The average Bonchev–Trinajstić information content (AvgIpc) is 3.10. The lowest BCUT2D eigenvalue weighted by atomic mass is 9.78. The van der Waals surface area contributed by atoms with Crippen LogP contribution in [0.4, 0.5) is 4.79 Å². The molecule has 4 nitrogen and oxygen atoms in total. The van der Waals surface area contributed by atoms with Crippen LogP contribution >= 0.6 is 23.2 Å². The van der Waals surface area contributed by atoms with Gasteiger partial charge in [-0.25, -0.2) is 4.79 Å². The number of amides is 1. The number of hydrogen-bond donors (Lipinski definition) is 2. The number of carbonyl (C=O) groups is 1. The number of fused-ring (bicyclic) bond motifs is 1. The summed E-state index contributed by atoms with van der Waals surface area (Å²) in [5.41, 5.74) is 0.457. The van der Waals surface area contributed by atoms with Crippen molar-refractivity contribution in [3.05, 3.63) is 33.8 Å². The fraction of sp³-hybridized carbons (Fsp3) is 0.533. The molecule has 3 atom stereocenters. The van der Waals surface area contributed by atoms with Gasteiger partial charge in [-0.3, -0.25) is 0 Å². The van der Waals surface area contributed by atoms with Crippen molar-refractivity contribution in [1.29, 1.82) is 0 Å². The van der Waals surface area contributed by atoms with Crippen LogP contribution in [0.15, 0.2) is 18.2 Å². The lowest BCUT2D eigenvalue weighted by molar-refractivity contribution is 0.0582. The molecule has 1 saturated heterocycles. The minimum atomic E-state index is -0.926. The minimum Gasteiger partial charge on any atom is -0.465 e. The molecule has 6 heteroatoms. The van der Waals surface area contributed by atoms with Gasteiger partial charge in [0.15, 0.2) is 0 Å². The van der Waals surface area contributed by atoms with Crippen LogP contribution in [0.1, 0.15) is 25.3 Å². The molecule has 1 saturated carbocycles. The first kappa shape index (κ1) is 14.9. The Bertz CT molecular complexity index is 609. The van der Waals surface area contributed by atoms with Gasteiger partial charge in [-0.2, -0.15) is 0 Å². The molecule has 1 aliphatic heterocycles. The van der Waals surface area contributed by atoms with Crippen LogP contribution in [0, 0.1) is 5.41 Å². The maximum absolute atomic E-state index is 11.3. The summed E-state index contributed by atoms with van der Waals surface area (Å²) in [5.74, 6) is 0. The van der Waals surface area contributed by atoms with Gasteiger partial charge in [-0.15, -0.1) is 0 Å². The molecule has 2 aliphatic rings. The fourth-order valence-electron chi connectivity index (χ4n) is 3.96. The number of likely N-dealkylation sites (tertiary alicyclic amines) is 1. The third kappa shape index (κ3) is 2.04. The van der Waals surface area contributed by atoms with E-state index in [1.165, 1.54) is 4.90 Å². The Kier molecular flexibility index (Phi) is 3.39. The van der Waals surface area contributed by atoms with Crippen molar-refractivity contribution in [1.82, 2.24) is 4.90 Å². The lowest BCUT2D eigenvalue weighted by Gasteiger charge is -2.40. The standard InChI is InChI=1S/C15H17Cl2NO3/c1-9-5-15(10-2-3-11(16)12(17)4-10)6-14(15,8-19)7-18(9)13(20)21/h2-4,9,19H,5-8H2,1H3,(H,20,21)/t9?,14-,15-/m1/s1. The van der Waals surface area contributed by atoms with E-state index < -0.39 is 11.5 Å². The zero-order valence-electron chi connectivity index (χ0n) is 11.6. The molecule has 21 heavy (non-hydrogen) atoms. The number of benzene rings is 1. The third-order valence-corrected chi connectivity index (χ3v) is 5.94. The number of aliphatic hydroxyl groups is 1. The number of carboxylic acid groups (broad SMARTS) is 1. The molecular formula is C15H17Cl2NO3. The van der Waals surface area contributed by atoms with Crippen molar-refractivity contribution in [3.63, 3.8) is 0 Å². The summed E-state index contributed by atoms with van der Waals surface area (Å²) in [7, 11) is 0. The summed E-state index contributed by atoms with van der Waals surface area (Å²) in [6.07, 6.45) is 0.547. The molecule has 1 unspecified atom stereocenters. The van der Waals surface area contributed by atoms with Gasteiger partial charge in [0.05, 0.1) is 16.7 Å². The first-order chi connectivity index (χ1) is 9.85. The number of halogens is 2. The smallest absolute Gasteiger partial charge is 0.407 e. The Morgan fingerprint density at radius 1 is 1.43 bits per heavy atom. The predicted octanol–water partition coefficient (Wildman–Crippen LogP) is 3.39.